The average molecular weight is 479 g/mol. The monoisotopic (exact) mass is 478 g/mol. The van der Waals surface area contributed by atoms with Crippen LogP contribution < -0.4 is 10.4 Å². The van der Waals surface area contributed by atoms with Crippen LogP contribution in [0.15, 0.2) is 33.5 Å². The first-order valence-electron chi connectivity index (χ1n) is 12.1. The van der Waals surface area contributed by atoms with Gasteiger partial charge in [-0.25, -0.2) is 9.18 Å². The predicted molar refractivity (Wildman–Crippen MR) is 136 cm³/mol. The maximum atomic E-state index is 13.8. The number of rotatable bonds is 14. The Kier molecular flexibility index (Phi) is 10.9. The van der Waals surface area contributed by atoms with Gasteiger partial charge < -0.3 is 9.15 Å². The van der Waals surface area contributed by atoms with Crippen LogP contribution in [-0.2, 0) is 4.79 Å². The molecule has 1 heterocycles. The van der Waals surface area contributed by atoms with Crippen LogP contribution in [0, 0.1) is 23.1 Å². The summed E-state index contributed by atoms with van der Waals surface area (Å²) in [7, 11) is 0. The second-order valence-electron chi connectivity index (χ2n) is 9.90. The van der Waals surface area contributed by atoms with E-state index in [1.165, 1.54) is 23.9 Å². The summed E-state index contributed by atoms with van der Waals surface area (Å²) < 4.78 is 24.5. The molecule has 0 amide bonds. The number of halogens is 1. The molecule has 0 fully saturated rings. The Bertz CT molecular complexity index is 951. The summed E-state index contributed by atoms with van der Waals surface area (Å²) in [6, 6.07) is 5.79. The minimum atomic E-state index is -0.614. The van der Waals surface area contributed by atoms with Crippen LogP contribution >= 0.6 is 11.8 Å². The van der Waals surface area contributed by atoms with Crippen molar-refractivity contribution in [1.29, 1.82) is 0 Å². The molecule has 0 aliphatic rings. The number of fused-ring (bicyclic) bond motifs is 1. The van der Waals surface area contributed by atoms with Crippen molar-refractivity contribution in [3.63, 3.8) is 0 Å². The van der Waals surface area contributed by atoms with E-state index in [4.69, 9.17) is 9.15 Å². The molecule has 0 saturated carbocycles. The molecule has 2 rings (SSSR count). The number of thioether (sulfide) groups is 1. The van der Waals surface area contributed by atoms with Gasteiger partial charge >= 0.3 is 5.63 Å². The fraction of sp³-hybridized carbons (Fsp3) is 0.630. The molecular weight excluding hydrogens is 439 g/mol. The molecule has 1 unspecified atom stereocenters. The van der Waals surface area contributed by atoms with Crippen molar-refractivity contribution in [2.45, 2.75) is 79.6 Å². The SMILES string of the molecule is CC(C)CC(C)C(C)(C)C(=O)SCCCCCCCCOc1cc(=O)oc2c(F)cccc12. The molecular formula is C27H39FO4S. The van der Waals surface area contributed by atoms with Crippen LogP contribution in [0.4, 0.5) is 4.39 Å². The van der Waals surface area contributed by atoms with Gasteiger partial charge in [-0.1, -0.05) is 78.1 Å². The average Bonchev–Trinajstić information content (AvgIpc) is 2.74. The highest BCUT2D eigenvalue weighted by Gasteiger charge is 2.33. The lowest BCUT2D eigenvalue weighted by atomic mass is 9.77. The third-order valence-corrected chi connectivity index (χ3v) is 7.58. The molecule has 6 heteroatoms. The lowest BCUT2D eigenvalue weighted by Gasteiger charge is -2.31. The van der Waals surface area contributed by atoms with Gasteiger partial charge in [0, 0.05) is 11.2 Å². The van der Waals surface area contributed by atoms with E-state index in [1.807, 2.05) is 0 Å². The predicted octanol–water partition coefficient (Wildman–Crippen LogP) is 7.62. The topological polar surface area (TPSA) is 56.5 Å². The largest absolute Gasteiger partial charge is 0.493 e. The molecule has 0 bridgehead atoms. The van der Waals surface area contributed by atoms with Gasteiger partial charge in [0.1, 0.15) is 5.75 Å². The summed E-state index contributed by atoms with van der Waals surface area (Å²) in [5.74, 6) is 1.69. The van der Waals surface area contributed by atoms with Gasteiger partial charge in [-0.15, -0.1) is 0 Å². The lowest BCUT2D eigenvalue weighted by Crippen LogP contribution is -2.30. The highest BCUT2D eigenvalue weighted by molar-refractivity contribution is 8.13. The zero-order valence-electron chi connectivity index (χ0n) is 20.7. The number of hydrogen-bond donors (Lipinski definition) is 0. The maximum absolute atomic E-state index is 13.8. The number of hydrogen-bond acceptors (Lipinski definition) is 5. The number of para-hydroxylation sites is 1. The molecule has 184 valence electrons. The van der Waals surface area contributed by atoms with Gasteiger partial charge in [-0.2, -0.15) is 0 Å². The molecule has 1 aromatic carbocycles. The second-order valence-corrected chi connectivity index (χ2v) is 11.0. The van der Waals surface area contributed by atoms with Crippen LogP contribution in [0.3, 0.4) is 0 Å². The molecule has 2 aromatic rings. The van der Waals surface area contributed by atoms with Crippen molar-refractivity contribution < 1.29 is 18.3 Å². The van der Waals surface area contributed by atoms with Crippen molar-refractivity contribution in [3.8, 4) is 5.75 Å². The molecule has 0 spiro atoms. The first-order valence-corrected chi connectivity index (χ1v) is 13.1. The minimum Gasteiger partial charge on any atom is -0.493 e. The summed E-state index contributed by atoms with van der Waals surface area (Å²) in [4.78, 5) is 24.3. The molecule has 0 aliphatic carbocycles. The maximum Gasteiger partial charge on any atom is 0.340 e. The van der Waals surface area contributed by atoms with E-state index < -0.39 is 11.4 Å². The number of carbonyl (C=O) groups is 1. The van der Waals surface area contributed by atoms with Gasteiger partial charge in [0.2, 0.25) is 0 Å². The molecule has 33 heavy (non-hydrogen) atoms. The first kappa shape index (κ1) is 27.4. The fourth-order valence-corrected chi connectivity index (χ4v) is 5.00. The van der Waals surface area contributed by atoms with Crippen molar-refractivity contribution in [2.75, 3.05) is 12.4 Å². The standard InChI is InChI=1S/C27H39FO4S/c1-19(2)17-20(3)27(4,5)26(30)33-16-11-9-7-6-8-10-15-31-23-18-24(29)32-25-21(23)13-12-14-22(25)28/h12-14,18-20H,6-11,15-17H2,1-5H3. The third kappa shape index (κ3) is 8.47. The summed E-state index contributed by atoms with van der Waals surface area (Å²) >= 11 is 1.49. The fourth-order valence-electron chi connectivity index (χ4n) is 3.89. The molecule has 1 atom stereocenters. The molecule has 1 aromatic heterocycles. The van der Waals surface area contributed by atoms with E-state index >= 15 is 0 Å². The number of unbranched alkanes of at least 4 members (excludes halogenated alkanes) is 5. The van der Waals surface area contributed by atoms with Gasteiger partial charge in [-0.3, -0.25) is 4.79 Å². The number of carbonyl (C=O) groups excluding carboxylic acids is 1. The number of ether oxygens (including phenoxy) is 1. The van der Waals surface area contributed by atoms with Crippen LogP contribution in [0.5, 0.6) is 5.75 Å². The zero-order chi connectivity index (χ0) is 24.4. The second kappa shape index (κ2) is 13.2. The van der Waals surface area contributed by atoms with Crippen molar-refractivity contribution >= 4 is 27.8 Å². The molecule has 4 nitrogen and oxygen atoms in total. The summed E-state index contributed by atoms with van der Waals surface area (Å²) in [6.45, 7) is 11.2. The van der Waals surface area contributed by atoms with Crippen LogP contribution in [-0.4, -0.2) is 17.5 Å². The highest BCUT2D eigenvalue weighted by atomic mass is 32.2. The van der Waals surface area contributed by atoms with Crippen LogP contribution in [0.1, 0.15) is 79.6 Å². The highest BCUT2D eigenvalue weighted by Crippen LogP contribution is 2.36. The Morgan fingerprint density at radius 1 is 1.09 bits per heavy atom. The quantitative estimate of drug-likeness (QED) is 0.206. The summed E-state index contributed by atoms with van der Waals surface area (Å²) in [6.07, 6.45) is 7.38. The molecule has 0 aliphatic heterocycles. The Morgan fingerprint density at radius 2 is 1.76 bits per heavy atom. The van der Waals surface area contributed by atoms with E-state index in [-0.39, 0.29) is 11.0 Å². The van der Waals surface area contributed by atoms with Crippen molar-refractivity contribution in [1.82, 2.24) is 0 Å². The van der Waals surface area contributed by atoms with E-state index in [0.717, 1.165) is 50.7 Å². The van der Waals surface area contributed by atoms with E-state index in [9.17, 15) is 14.0 Å². The summed E-state index contributed by atoms with van der Waals surface area (Å²) in [5.41, 5.74) is -0.947. The number of benzene rings is 1. The zero-order valence-corrected chi connectivity index (χ0v) is 21.6. The third-order valence-electron chi connectivity index (χ3n) is 6.30. The first-order chi connectivity index (χ1) is 15.6. The van der Waals surface area contributed by atoms with Crippen LogP contribution in [0.2, 0.25) is 0 Å². The Hall–Kier alpha value is -1.82. The van der Waals surface area contributed by atoms with E-state index in [2.05, 4.69) is 34.6 Å². The Morgan fingerprint density at radius 3 is 2.45 bits per heavy atom. The van der Waals surface area contributed by atoms with Gasteiger partial charge in [-0.05, 0) is 43.2 Å². The Labute approximate surface area is 201 Å². The smallest absolute Gasteiger partial charge is 0.340 e. The normalized spacial score (nSPS) is 12.9. The molecule has 0 radical (unpaired) electrons. The molecule has 0 N–H and O–H groups in total. The van der Waals surface area contributed by atoms with Gasteiger partial charge in [0.05, 0.1) is 18.1 Å². The lowest BCUT2D eigenvalue weighted by molar-refractivity contribution is -0.120. The van der Waals surface area contributed by atoms with E-state index in [0.29, 0.717) is 34.7 Å². The van der Waals surface area contributed by atoms with Crippen molar-refractivity contribution in [3.05, 3.63) is 40.5 Å². The van der Waals surface area contributed by atoms with Gasteiger partial charge in [0.25, 0.3) is 0 Å². The minimum absolute atomic E-state index is 0.0610. The van der Waals surface area contributed by atoms with Crippen molar-refractivity contribution in [2.24, 2.45) is 17.3 Å². The summed E-state index contributed by atoms with van der Waals surface area (Å²) in [5, 5.41) is 0.790. The Balaban J connectivity index is 1.59. The van der Waals surface area contributed by atoms with Crippen LogP contribution in [0.25, 0.3) is 11.0 Å². The van der Waals surface area contributed by atoms with E-state index in [1.54, 1.807) is 12.1 Å². The molecule has 0 saturated heterocycles. The van der Waals surface area contributed by atoms with Gasteiger partial charge in [0.15, 0.2) is 16.5 Å².